The van der Waals surface area contributed by atoms with Crippen LogP contribution in [0.25, 0.3) is 0 Å². The minimum absolute atomic E-state index is 0. The van der Waals surface area contributed by atoms with Crippen molar-refractivity contribution in [1.82, 2.24) is 10.6 Å². The van der Waals surface area contributed by atoms with E-state index in [0.29, 0.717) is 13.1 Å². The van der Waals surface area contributed by atoms with E-state index in [1.165, 1.54) is 5.69 Å². The predicted molar refractivity (Wildman–Crippen MR) is 116 cm³/mol. The molecule has 1 aromatic carbocycles. The van der Waals surface area contributed by atoms with Crippen molar-refractivity contribution in [3.63, 3.8) is 0 Å². The zero-order valence-electron chi connectivity index (χ0n) is 18.5. The molecule has 0 heterocycles. The average molecular weight is 427 g/mol. The Labute approximate surface area is 183 Å². The Balaban J connectivity index is 0.00000784. The highest BCUT2D eigenvalue weighted by atomic mass is 35.5. The molecule has 1 atom stereocenters. The summed E-state index contributed by atoms with van der Waals surface area (Å²) in [5.74, 6) is 0.0410. The van der Waals surface area contributed by atoms with Crippen LogP contribution in [0, 0.1) is 0 Å². The number of quaternary nitrogens is 1. The summed E-state index contributed by atoms with van der Waals surface area (Å²) >= 11 is 0. The van der Waals surface area contributed by atoms with Crippen molar-refractivity contribution < 1.29 is 26.5 Å². The number of nitrogens with one attached hydrogen (secondary N) is 2. The second-order valence-corrected chi connectivity index (χ2v) is 7.73. The van der Waals surface area contributed by atoms with Gasteiger partial charge in [-0.3, -0.25) is 9.59 Å². The molecule has 29 heavy (non-hydrogen) atoms. The number of amides is 2. The van der Waals surface area contributed by atoms with Crippen molar-refractivity contribution in [2.45, 2.75) is 40.0 Å². The maximum absolute atomic E-state index is 11.2. The molecule has 0 fully saturated rings. The first-order valence-corrected chi connectivity index (χ1v) is 10.5. The van der Waals surface area contributed by atoms with E-state index in [1.807, 2.05) is 0 Å². The molecule has 1 unspecified atom stereocenters. The van der Waals surface area contributed by atoms with Crippen LogP contribution < -0.4 is 27.9 Å². The van der Waals surface area contributed by atoms with Crippen LogP contribution in [0.15, 0.2) is 30.3 Å². The van der Waals surface area contributed by atoms with Gasteiger partial charge in [0.25, 0.3) is 0 Å². The number of para-hydroxylation sites is 1. The van der Waals surface area contributed by atoms with Crippen molar-refractivity contribution in [3.8, 4) is 0 Å². The standard InChI is InChI=1S/C22H38N4O2.ClH/c1-5-25(22-12-7-6-8-13-22)16-9-10-17-26(4,19-15-24-21(3)28)18-11-14-23-20(2)27;/h6-8,12-13H,5,9-11,14-19H2,1-4H3,(H-,23,24,27,28);1H. The second kappa shape index (κ2) is 15.1. The van der Waals surface area contributed by atoms with Crippen LogP contribution in [0.4, 0.5) is 5.69 Å². The summed E-state index contributed by atoms with van der Waals surface area (Å²) in [4.78, 5) is 24.7. The number of likely N-dealkylation sites (N-methyl/N-ethyl adjacent to an activating group) is 1. The highest BCUT2D eigenvalue weighted by molar-refractivity contribution is 5.73. The molecule has 0 aliphatic carbocycles. The lowest BCUT2D eigenvalue weighted by molar-refractivity contribution is -0.908. The SMILES string of the molecule is CCN(CCCC[N+](C)(CCCNC(C)=O)CCNC(C)=O)c1ccccc1.[Cl-]. The van der Waals surface area contributed by atoms with Crippen LogP contribution in [0.5, 0.6) is 0 Å². The summed E-state index contributed by atoms with van der Waals surface area (Å²) in [6, 6.07) is 10.6. The second-order valence-electron chi connectivity index (χ2n) is 7.73. The van der Waals surface area contributed by atoms with Gasteiger partial charge in [0.05, 0.1) is 33.2 Å². The fourth-order valence-corrected chi connectivity index (χ4v) is 3.47. The first-order valence-electron chi connectivity index (χ1n) is 10.5. The van der Waals surface area contributed by atoms with Gasteiger partial charge in [0.15, 0.2) is 0 Å². The fraction of sp³-hybridized carbons (Fsp3) is 0.636. The number of hydrogen-bond acceptors (Lipinski definition) is 3. The number of carbonyl (C=O) groups is 2. The van der Waals surface area contributed by atoms with Crippen LogP contribution >= 0.6 is 0 Å². The normalized spacial score (nSPS) is 12.4. The van der Waals surface area contributed by atoms with Gasteiger partial charge in [-0.2, -0.15) is 0 Å². The van der Waals surface area contributed by atoms with E-state index in [1.54, 1.807) is 13.8 Å². The maximum Gasteiger partial charge on any atom is 0.217 e. The molecule has 0 aliphatic heterocycles. The smallest absolute Gasteiger partial charge is 0.217 e. The van der Waals surface area contributed by atoms with Crippen molar-refractivity contribution in [3.05, 3.63) is 30.3 Å². The maximum atomic E-state index is 11.2. The van der Waals surface area contributed by atoms with Gasteiger partial charge in [-0.05, 0) is 31.9 Å². The molecule has 2 amide bonds. The molecule has 7 heteroatoms. The number of carbonyl (C=O) groups excluding carboxylic acids is 2. The summed E-state index contributed by atoms with van der Waals surface area (Å²) in [6.07, 6.45) is 3.23. The fourth-order valence-electron chi connectivity index (χ4n) is 3.47. The van der Waals surface area contributed by atoms with Crippen molar-refractivity contribution in [1.29, 1.82) is 0 Å². The molecule has 0 saturated heterocycles. The third-order valence-corrected chi connectivity index (χ3v) is 5.15. The Morgan fingerprint density at radius 3 is 2.07 bits per heavy atom. The molecule has 166 valence electrons. The molecular weight excluding hydrogens is 388 g/mol. The van der Waals surface area contributed by atoms with E-state index in [-0.39, 0.29) is 24.2 Å². The average Bonchev–Trinajstić information content (AvgIpc) is 2.66. The topological polar surface area (TPSA) is 61.4 Å². The number of nitrogens with zero attached hydrogens (tertiary/aromatic N) is 2. The van der Waals surface area contributed by atoms with Crippen molar-refractivity contribution in [2.75, 3.05) is 57.8 Å². The lowest BCUT2D eigenvalue weighted by Gasteiger charge is -2.35. The van der Waals surface area contributed by atoms with E-state index >= 15 is 0 Å². The Kier molecular flexibility index (Phi) is 14.2. The molecular formula is C22H39ClN4O2. The number of hydrogen-bond donors (Lipinski definition) is 2. The van der Waals surface area contributed by atoms with Crippen LogP contribution in [-0.2, 0) is 9.59 Å². The van der Waals surface area contributed by atoms with Gasteiger partial charge >= 0.3 is 0 Å². The first-order chi connectivity index (χ1) is 13.4. The van der Waals surface area contributed by atoms with Crippen LogP contribution in [0.3, 0.4) is 0 Å². The molecule has 0 bridgehead atoms. The van der Waals surface area contributed by atoms with Gasteiger partial charge in [0, 0.05) is 45.6 Å². The van der Waals surface area contributed by atoms with E-state index in [2.05, 4.69) is 59.8 Å². The van der Waals surface area contributed by atoms with Gasteiger partial charge in [0.1, 0.15) is 0 Å². The summed E-state index contributed by atoms with van der Waals surface area (Å²) in [5.41, 5.74) is 1.28. The molecule has 0 aliphatic rings. The van der Waals surface area contributed by atoms with Gasteiger partial charge in [-0.25, -0.2) is 0 Å². The molecule has 1 rings (SSSR count). The Bertz CT molecular complexity index is 585. The molecule has 0 saturated carbocycles. The Morgan fingerprint density at radius 1 is 0.897 bits per heavy atom. The summed E-state index contributed by atoms with van der Waals surface area (Å²) in [7, 11) is 2.25. The number of benzene rings is 1. The van der Waals surface area contributed by atoms with Crippen LogP contribution in [0.2, 0.25) is 0 Å². The molecule has 6 nitrogen and oxygen atoms in total. The van der Waals surface area contributed by atoms with E-state index in [9.17, 15) is 9.59 Å². The minimum Gasteiger partial charge on any atom is -1.00 e. The van der Waals surface area contributed by atoms with Gasteiger partial charge in [-0.1, -0.05) is 18.2 Å². The number of unbranched alkanes of at least 4 members (excludes halogenated alkanes) is 1. The summed E-state index contributed by atoms with van der Waals surface area (Å²) < 4.78 is 0.914. The molecule has 0 aromatic heterocycles. The first kappa shape index (κ1) is 27.2. The highest BCUT2D eigenvalue weighted by Crippen LogP contribution is 2.14. The zero-order chi connectivity index (χ0) is 20.8. The minimum atomic E-state index is 0. The molecule has 1 aromatic rings. The third kappa shape index (κ3) is 12.4. The summed E-state index contributed by atoms with van der Waals surface area (Å²) in [6.45, 7) is 11.8. The number of rotatable bonds is 14. The van der Waals surface area contributed by atoms with Gasteiger partial charge in [0.2, 0.25) is 11.8 Å². The zero-order valence-corrected chi connectivity index (χ0v) is 19.3. The Hall–Kier alpha value is -1.79. The third-order valence-electron chi connectivity index (χ3n) is 5.15. The van der Waals surface area contributed by atoms with Crippen LogP contribution in [-0.4, -0.2) is 69.2 Å². The monoisotopic (exact) mass is 426 g/mol. The lowest BCUT2D eigenvalue weighted by atomic mass is 10.2. The Morgan fingerprint density at radius 2 is 1.48 bits per heavy atom. The quantitative estimate of drug-likeness (QED) is 0.308. The highest BCUT2D eigenvalue weighted by Gasteiger charge is 2.21. The van der Waals surface area contributed by atoms with Crippen LogP contribution in [0.1, 0.15) is 40.0 Å². The largest absolute Gasteiger partial charge is 1.00 e. The number of halogens is 1. The van der Waals surface area contributed by atoms with Gasteiger partial charge < -0.3 is 32.4 Å². The van der Waals surface area contributed by atoms with Gasteiger partial charge in [-0.15, -0.1) is 0 Å². The van der Waals surface area contributed by atoms with E-state index < -0.39 is 0 Å². The van der Waals surface area contributed by atoms with E-state index in [0.717, 1.165) is 56.5 Å². The summed E-state index contributed by atoms with van der Waals surface area (Å²) in [5, 5.41) is 5.79. The van der Waals surface area contributed by atoms with E-state index in [4.69, 9.17) is 0 Å². The molecule has 0 spiro atoms. The molecule has 0 radical (unpaired) electrons. The predicted octanol–water partition coefficient (Wildman–Crippen LogP) is -0.594. The molecule has 2 N–H and O–H groups in total. The van der Waals surface area contributed by atoms with Crippen molar-refractivity contribution >= 4 is 17.5 Å². The lowest BCUT2D eigenvalue weighted by Crippen LogP contribution is -3.00. The van der Waals surface area contributed by atoms with Crippen molar-refractivity contribution in [2.24, 2.45) is 0 Å². The number of anilines is 1.